The van der Waals surface area contributed by atoms with E-state index in [1.54, 1.807) is 13.8 Å². The SMILES string of the molecule is CC(O)Oc1ccc(N(c2ccc(C=C(c3ccccc3)c3ccccc3)cc2)c2ccc(OC(C)O)cc2)cc1. The van der Waals surface area contributed by atoms with Gasteiger partial charge >= 0.3 is 0 Å². The molecule has 0 aliphatic heterocycles. The number of rotatable bonds is 10. The first-order chi connectivity index (χ1) is 20.0. The van der Waals surface area contributed by atoms with E-state index in [4.69, 9.17) is 9.47 Å². The molecule has 0 saturated carbocycles. The maximum Gasteiger partial charge on any atom is 0.194 e. The van der Waals surface area contributed by atoms with Crippen LogP contribution in [-0.4, -0.2) is 22.8 Å². The van der Waals surface area contributed by atoms with Crippen molar-refractivity contribution < 1.29 is 19.7 Å². The van der Waals surface area contributed by atoms with Crippen molar-refractivity contribution >= 4 is 28.7 Å². The van der Waals surface area contributed by atoms with Gasteiger partial charge in [0.25, 0.3) is 0 Å². The van der Waals surface area contributed by atoms with E-state index in [1.165, 1.54) is 0 Å². The van der Waals surface area contributed by atoms with E-state index in [9.17, 15) is 10.2 Å². The molecule has 0 fully saturated rings. The van der Waals surface area contributed by atoms with Crippen LogP contribution in [0.3, 0.4) is 0 Å². The van der Waals surface area contributed by atoms with Gasteiger partial charge in [0.1, 0.15) is 11.5 Å². The quantitative estimate of drug-likeness (QED) is 0.137. The first kappa shape index (κ1) is 27.7. The Balaban J connectivity index is 1.51. The number of benzene rings is 5. The first-order valence-electron chi connectivity index (χ1n) is 13.6. The van der Waals surface area contributed by atoms with Crippen molar-refractivity contribution in [2.75, 3.05) is 4.90 Å². The molecule has 0 aliphatic carbocycles. The van der Waals surface area contributed by atoms with E-state index < -0.39 is 12.6 Å². The van der Waals surface area contributed by atoms with Crippen LogP contribution in [0.1, 0.15) is 30.5 Å². The molecule has 5 rings (SSSR count). The standard InChI is InChI=1S/C36H33NO4/c1-26(38)40-34-21-17-32(18-22-34)37(33-19-23-35(24-20-33)41-27(2)39)31-15-13-28(14-16-31)25-36(29-9-5-3-6-10-29)30-11-7-4-8-12-30/h3-27,38-39H,1-2H3. The zero-order chi connectivity index (χ0) is 28.6. The van der Waals surface area contributed by atoms with Crippen molar-refractivity contribution in [3.8, 4) is 11.5 Å². The zero-order valence-corrected chi connectivity index (χ0v) is 23.1. The van der Waals surface area contributed by atoms with Crippen molar-refractivity contribution in [3.63, 3.8) is 0 Å². The van der Waals surface area contributed by atoms with E-state index in [2.05, 4.69) is 83.8 Å². The van der Waals surface area contributed by atoms with Crippen molar-refractivity contribution in [1.82, 2.24) is 0 Å². The highest BCUT2D eigenvalue weighted by molar-refractivity contribution is 5.91. The van der Waals surface area contributed by atoms with Crippen molar-refractivity contribution in [1.29, 1.82) is 0 Å². The number of aliphatic hydroxyl groups excluding tert-OH is 2. The fourth-order valence-electron chi connectivity index (χ4n) is 4.64. The maximum absolute atomic E-state index is 9.60. The summed E-state index contributed by atoms with van der Waals surface area (Å²) >= 11 is 0. The predicted octanol–water partition coefficient (Wildman–Crippen LogP) is 8.18. The van der Waals surface area contributed by atoms with Gasteiger partial charge in [-0.2, -0.15) is 0 Å². The number of hydrogen-bond donors (Lipinski definition) is 2. The van der Waals surface area contributed by atoms with E-state index in [0.717, 1.165) is 39.3 Å². The Morgan fingerprint density at radius 2 is 0.902 bits per heavy atom. The molecule has 2 N–H and O–H groups in total. The van der Waals surface area contributed by atoms with E-state index >= 15 is 0 Å². The summed E-state index contributed by atoms with van der Waals surface area (Å²) in [5.74, 6) is 1.17. The van der Waals surface area contributed by atoms with Gasteiger partial charge in [-0.1, -0.05) is 72.8 Å². The summed E-state index contributed by atoms with van der Waals surface area (Å²) in [7, 11) is 0. The second kappa shape index (κ2) is 13.0. The molecule has 0 aliphatic rings. The zero-order valence-electron chi connectivity index (χ0n) is 23.1. The summed E-state index contributed by atoms with van der Waals surface area (Å²) < 4.78 is 10.9. The molecular formula is C36H33NO4. The minimum Gasteiger partial charge on any atom is -0.465 e. The molecule has 2 atom stereocenters. The van der Waals surface area contributed by atoms with Crippen molar-refractivity contribution in [2.24, 2.45) is 0 Å². The second-order valence-electron chi connectivity index (χ2n) is 9.64. The lowest BCUT2D eigenvalue weighted by Gasteiger charge is -2.26. The van der Waals surface area contributed by atoms with Crippen LogP contribution < -0.4 is 14.4 Å². The Bertz CT molecular complexity index is 1450. The smallest absolute Gasteiger partial charge is 0.194 e. The molecule has 0 amide bonds. The molecule has 5 aromatic carbocycles. The topological polar surface area (TPSA) is 62.2 Å². The molecule has 5 heteroatoms. The minimum absolute atomic E-state index is 0.583. The second-order valence-corrected chi connectivity index (χ2v) is 9.64. The highest BCUT2D eigenvalue weighted by atomic mass is 16.6. The van der Waals surface area contributed by atoms with E-state index in [1.807, 2.05) is 60.7 Å². The molecule has 2 unspecified atom stereocenters. The Labute approximate surface area is 241 Å². The summed E-state index contributed by atoms with van der Waals surface area (Å²) in [5.41, 5.74) is 7.36. The van der Waals surface area contributed by atoms with E-state index in [-0.39, 0.29) is 0 Å². The summed E-state index contributed by atoms with van der Waals surface area (Å²) in [5, 5.41) is 19.2. The van der Waals surface area contributed by atoms with Crippen LogP contribution in [0.25, 0.3) is 11.6 Å². The molecule has 206 valence electrons. The molecule has 5 aromatic rings. The van der Waals surface area contributed by atoms with Crippen LogP contribution in [0.5, 0.6) is 11.5 Å². The van der Waals surface area contributed by atoms with Crippen LogP contribution in [0.4, 0.5) is 17.1 Å². The van der Waals surface area contributed by atoms with Crippen LogP contribution in [0, 0.1) is 0 Å². The third-order valence-corrected chi connectivity index (χ3v) is 6.43. The van der Waals surface area contributed by atoms with Gasteiger partial charge < -0.3 is 24.6 Å². The van der Waals surface area contributed by atoms with Gasteiger partial charge in [-0.05, 0) is 103 Å². The summed E-state index contributed by atoms with van der Waals surface area (Å²) in [6, 6.07) is 44.4. The van der Waals surface area contributed by atoms with Crippen LogP contribution in [0.2, 0.25) is 0 Å². The number of aliphatic hydroxyl groups is 2. The molecule has 0 heterocycles. The van der Waals surface area contributed by atoms with Crippen LogP contribution in [0.15, 0.2) is 133 Å². The molecule has 0 radical (unpaired) electrons. The third-order valence-electron chi connectivity index (χ3n) is 6.43. The fourth-order valence-corrected chi connectivity index (χ4v) is 4.64. The average Bonchev–Trinajstić information content (AvgIpc) is 2.99. The minimum atomic E-state index is -0.893. The van der Waals surface area contributed by atoms with Gasteiger partial charge in [-0.25, -0.2) is 0 Å². The van der Waals surface area contributed by atoms with Gasteiger partial charge in [0.2, 0.25) is 0 Å². The highest BCUT2D eigenvalue weighted by Crippen LogP contribution is 2.37. The van der Waals surface area contributed by atoms with Crippen LogP contribution in [-0.2, 0) is 0 Å². The van der Waals surface area contributed by atoms with Crippen molar-refractivity contribution in [2.45, 2.75) is 26.4 Å². The molecule has 0 saturated heterocycles. The Morgan fingerprint density at radius 1 is 0.537 bits per heavy atom. The lowest BCUT2D eigenvalue weighted by Crippen LogP contribution is -2.12. The Kier molecular flexibility index (Phi) is 8.79. The number of ether oxygens (including phenoxy) is 2. The normalized spacial score (nSPS) is 12.2. The van der Waals surface area contributed by atoms with Gasteiger partial charge in [0.15, 0.2) is 12.6 Å². The largest absolute Gasteiger partial charge is 0.465 e. The first-order valence-corrected chi connectivity index (χ1v) is 13.6. The maximum atomic E-state index is 9.60. The summed E-state index contributed by atoms with van der Waals surface area (Å²) in [6.45, 7) is 3.15. The average molecular weight is 544 g/mol. The number of hydrogen-bond acceptors (Lipinski definition) is 5. The lowest BCUT2D eigenvalue weighted by atomic mass is 9.95. The lowest BCUT2D eigenvalue weighted by molar-refractivity contribution is -0.000859. The summed E-state index contributed by atoms with van der Waals surface area (Å²) in [4.78, 5) is 2.13. The molecular weight excluding hydrogens is 510 g/mol. The molecule has 0 spiro atoms. The molecule has 0 aromatic heterocycles. The monoisotopic (exact) mass is 543 g/mol. The molecule has 41 heavy (non-hydrogen) atoms. The van der Waals surface area contributed by atoms with E-state index in [0.29, 0.717) is 11.5 Å². The third kappa shape index (κ3) is 7.22. The van der Waals surface area contributed by atoms with Gasteiger partial charge in [0, 0.05) is 17.1 Å². The highest BCUT2D eigenvalue weighted by Gasteiger charge is 2.14. The summed E-state index contributed by atoms with van der Waals surface area (Å²) in [6.07, 6.45) is 0.426. The molecule has 5 nitrogen and oxygen atoms in total. The fraction of sp³-hybridized carbons (Fsp3) is 0.111. The Hall–Kier alpha value is -4.84. The Morgan fingerprint density at radius 3 is 1.27 bits per heavy atom. The number of nitrogens with zero attached hydrogens (tertiary/aromatic N) is 1. The molecule has 0 bridgehead atoms. The van der Waals surface area contributed by atoms with Gasteiger partial charge in [-0.3, -0.25) is 0 Å². The van der Waals surface area contributed by atoms with Crippen LogP contribution >= 0.6 is 0 Å². The number of anilines is 3. The van der Waals surface area contributed by atoms with Crippen molar-refractivity contribution in [3.05, 3.63) is 150 Å². The predicted molar refractivity (Wildman–Crippen MR) is 166 cm³/mol. The van der Waals surface area contributed by atoms with Gasteiger partial charge in [0.05, 0.1) is 0 Å². The van der Waals surface area contributed by atoms with Gasteiger partial charge in [-0.15, -0.1) is 0 Å².